The minimum Gasteiger partial charge on any atom is -0.508 e. The van der Waals surface area contributed by atoms with Crippen molar-refractivity contribution in [3.8, 4) is 11.5 Å². The topological polar surface area (TPSA) is 94.8 Å². The van der Waals surface area contributed by atoms with Crippen molar-refractivity contribution in [2.75, 3.05) is 0 Å². The highest BCUT2D eigenvalue weighted by Crippen LogP contribution is 2.53. The Morgan fingerprint density at radius 1 is 0.828 bits per heavy atom. The van der Waals surface area contributed by atoms with Gasteiger partial charge < -0.3 is 10.2 Å². The van der Waals surface area contributed by atoms with E-state index in [0.29, 0.717) is 0 Å². The first-order chi connectivity index (χ1) is 13.5. The predicted molar refractivity (Wildman–Crippen MR) is 114 cm³/mol. The van der Waals surface area contributed by atoms with Crippen LogP contribution in [0.2, 0.25) is 20.1 Å². The zero-order valence-corrected chi connectivity index (χ0v) is 18.1. The molecule has 0 bridgehead atoms. The van der Waals surface area contributed by atoms with Crippen LogP contribution in [-0.2, 0) is 14.9 Å². The molecule has 1 unspecified atom stereocenters. The van der Waals surface area contributed by atoms with Crippen molar-refractivity contribution in [2.45, 2.75) is 4.75 Å². The number of phenols is 2. The Morgan fingerprint density at radius 3 is 2.10 bits per heavy atom. The highest BCUT2D eigenvalue weighted by molar-refractivity contribution is 7.87. The molecule has 0 amide bonds. The van der Waals surface area contributed by atoms with Gasteiger partial charge >= 0.3 is 0 Å². The Labute approximate surface area is 186 Å². The summed E-state index contributed by atoms with van der Waals surface area (Å²) in [5, 5.41) is 20.2. The molecule has 0 radical (unpaired) electrons. The van der Waals surface area contributed by atoms with Crippen molar-refractivity contribution in [1.82, 2.24) is 0 Å². The van der Waals surface area contributed by atoms with Crippen LogP contribution in [0.3, 0.4) is 0 Å². The van der Waals surface area contributed by atoms with Gasteiger partial charge in [-0.15, -0.1) is 0 Å². The zero-order valence-electron chi connectivity index (χ0n) is 14.3. The van der Waals surface area contributed by atoms with Crippen molar-refractivity contribution in [3.63, 3.8) is 0 Å². The summed E-state index contributed by atoms with van der Waals surface area (Å²) in [5.74, 6) is -0.811. The van der Waals surface area contributed by atoms with Crippen LogP contribution in [0.4, 0.5) is 0 Å². The number of aromatic hydroxyl groups is 2. The third-order valence-electron chi connectivity index (χ3n) is 4.37. The number of phenolic OH excluding ortho intramolecular Hbond substituents is 2. The molecule has 0 aliphatic rings. The quantitative estimate of drug-likeness (QED) is 0.239. The Kier molecular flexibility index (Phi) is 5.98. The summed E-state index contributed by atoms with van der Waals surface area (Å²) in [4.78, 5) is 0. The summed E-state index contributed by atoms with van der Waals surface area (Å²) in [6.45, 7) is 0. The molecular formula is C19H12Cl4O5S. The second kappa shape index (κ2) is 7.87. The Morgan fingerprint density at radius 2 is 1.48 bits per heavy atom. The number of hydrogen-bond donors (Lipinski definition) is 3. The lowest BCUT2D eigenvalue weighted by Gasteiger charge is -2.34. The van der Waals surface area contributed by atoms with Crippen molar-refractivity contribution in [2.24, 2.45) is 0 Å². The fourth-order valence-electron chi connectivity index (χ4n) is 3.22. The summed E-state index contributed by atoms with van der Waals surface area (Å²) in [7, 11) is -5.16. The second-order valence-corrected chi connectivity index (χ2v) is 9.28. The van der Waals surface area contributed by atoms with E-state index in [1.807, 2.05) is 0 Å². The maximum Gasteiger partial charge on any atom is 0.283 e. The highest BCUT2D eigenvalue weighted by Gasteiger charge is 2.53. The van der Waals surface area contributed by atoms with E-state index >= 15 is 0 Å². The molecule has 3 rings (SSSR count). The third kappa shape index (κ3) is 3.65. The molecule has 3 aromatic carbocycles. The zero-order chi connectivity index (χ0) is 21.6. The molecule has 1 atom stereocenters. The van der Waals surface area contributed by atoms with Crippen LogP contribution < -0.4 is 0 Å². The summed E-state index contributed by atoms with van der Waals surface area (Å²) in [5.41, 5.74) is -0.785. The van der Waals surface area contributed by atoms with Crippen LogP contribution in [0, 0.1) is 0 Å². The van der Waals surface area contributed by atoms with Crippen molar-refractivity contribution < 1.29 is 23.2 Å². The average Bonchev–Trinajstić information content (AvgIpc) is 2.63. The molecule has 29 heavy (non-hydrogen) atoms. The van der Waals surface area contributed by atoms with Gasteiger partial charge in [0, 0.05) is 21.2 Å². The predicted octanol–water partition coefficient (Wildman–Crippen LogP) is 5.89. The minimum atomic E-state index is -5.16. The van der Waals surface area contributed by atoms with Crippen LogP contribution in [0.25, 0.3) is 0 Å². The molecule has 0 saturated carbocycles. The lowest BCUT2D eigenvalue weighted by Crippen LogP contribution is -2.39. The number of benzene rings is 3. The molecule has 152 valence electrons. The van der Waals surface area contributed by atoms with Gasteiger partial charge in [0.15, 0.2) is 4.75 Å². The Hall–Kier alpha value is -1.67. The normalized spacial score (nSPS) is 13.8. The van der Waals surface area contributed by atoms with E-state index in [2.05, 4.69) is 0 Å². The molecule has 0 heterocycles. The summed E-state index contributed by atoms with van der Waals surface area (Å²) >= 11 is 24.9. The van der Waals surface area contributed by atoms with E-state index in [1.54, 1.807) is 0 Å². The molecule has 10 heteroatoms. The molecule has 3 N–H and O–H groups in total. The lowest BCUT2D eigenvalue weighted by molar-refractivity contribution is 0.439. The molecular weight excluding hydrogens is 482 g/mol. The summed E-state index contributed by atoms with van der Waals surface area (Å²) in [6, 6.07) is 11.4. The maximum atomic E-state index is 13.0. The minimum absolute atomic E-state index is 0.0410. The molecule has 0 spiro atoms. The van der Waals surface area contributed by atoms with E-state index in [1.165, 1.54) is 36.4 Å². The van der Waals surface area contributed by atoms with Crippen LogP contribution >= 0.6 is 46.4 Å². The molecule has 0 aliphatic heterocycles. The first kappa shape index (κ1) is 22.0. The van der Waals surface area contributed by atoms with Crippen LogP contribution in [-0.4, -0.2) is 23.2 Å². The van der Waals surface area contributed by atoms with Gasteiger partial charge in [0.1, 0.15) is 11.5 Å². The second-order valence-electron chi connectivity index (χ2n) is 6.09. The smallest absolute Gasteiger partial charge is 0.283 e. The third-order valence-corrected chi connectivity index (χ3v) is 7.16. The largest absolute Gasteiger partial charge is 0.508 e. The molecule has 0 aromatic heterocycles. The lowest BCUT2D eigenvalue weighted by atomic mass is 9.83. The van der Waals surface area contributed by atoms with Crippen molar-refractivity contribution in [1.29, 1.82) is 0 Å². The van der Waals surface area contributed by atoms with Gasteiger partial charge in [-0.25, -0.2) is 0 Å². The molecule has 0 fully saturated rings. The first-order valence-electron chi connectivity index (χ1n) is 7.89. The summed E-state index contributed by atoms with van der Waals surface area (Å²) < 4.78 is 34.0. The van der Waals surface area contributed by atoms with Crippen LogP contribution in [0.1, 0.15) is 16.7 Å². The van der Waals surface area contributed by atoms with Crippen LogP contribution in [0.15, 0.2) is 54.6 Å². The molecule has 3 aromatic rings. The van der Waals surface area contributed by atoms with Crippen molar-refractivity contribution >= 4 is 56.5 Å². The van der Waals surface area contributed by atoms with Crippen molar-refractivity contribution in [3.05, 3.63) is 91.4 Å². The van der Waals surface area contributed by atoms with Gasteiger partial charge in [-0.05, 0) is 48.0 Å². The Bertz CT molecular complexity index is 1210. The Balaban J connectivity index is 2.68. The van der Waals surface area contributed by atoms with Crippen LogP contribution in [0.5, 0.6) is 11.5 Å². The van der Waals surface area contributed by atoms with E-state index in [0.717, 1.165) is 18.2 Å². The SMILES string of the molecule is O=S(=O)(O)C(c1cccc(O)c1)(c1cc(Cl)ccc1O)c1c(Cl)ccc(Cl)c1Cl. The monoisotopic (exact) mass is 492 g/mol. The maximum absolute atomic E-state index is 13.0. The first-order valence-corrected chi connectivity index (χ1v) is 10.8. The number of hydrogen-bond acceptors (Lipinski definition) is 4. The van der Waals surface area contributed by atoms with Gasteiger partial charge in [0.2, 0.25) is 0 Å². The van der Waals surface area contributed by atoms with Gasteiger partial charge in [-0.3, -0.25) is 4.55 Å². The van der Waals surface area contributed by atoms with E-state index < -0.39 is 20.6 Å². The van der Waals surface area contributed by atoms with Gasteiger partial charge in [-0.1, -0.05) is 58.5 Å². The average molecular weight is 494 g/mol. The van der Waals surface area contributed by atoms with Gasteiger partial charge in [-0.2, -0.15) is 8.42 Å². The standard InChI is InChI=1S/C19H12Cl4O5S/c20-11-4-7-16(25)13(9-11)19(29(26,27)28,10-2-1-3-12(24)8-10)17-14(21)5-6-15(22)18(17)23/h1-9,24-25H,(H,26,27,28). The molecule has 5 nitrogen and oxygen atoms in total. The summed E-state index contributed by atoms with van der Waals surface area (Å²) in [6.07, 6.45) is 0. The number of halogens is 4. The highest BCUT2D eigenvalue weighted by atomic mass is 35.5. The van der Waals surface area contributed by atoms with E-state index in [-0.39, 0.29) is 42.5 Å². The fourth-order valence-corrected chi connectivity index (χ4v) is 5.65. The van der Waals surface area contributed by atoms with Gasteiger partial charge in [0.25, 0.3) is 10.1 Å². The number of rotatable bonds is 4. The molecule has 0 saturated heterocycles. The van der Waals surface area contributed by atoms with Gasteiger partial charge in [0.05, 0.1) is 10.0 Å². The molecule has 0 aliphatic carbocycles. The van der Waals surface area contributed by atoms with E-state index in [9.17, 15) is 23.2 Å². The van der Waals surface area contributed by atoms with E-state index in [4.69, 9.17) is 46.4 Å². The fraction of sp³-hybridized carbons (Fsp3) is 0.0526.